The SMILES string of the molecule is CC(=O)Nc1ncc(CCc2ccc(NC(NC(=O)[O-])NC(=O)[O-])cc2)s1. The van der Waals surface area contributed by atoms with Crippen LogP contribution in [0, 0.1) is 0 Å². The lowest BCUT2D eigenvalue weighted by atomic mass is 10.1. The number of aromatic nitrogens is 1. The molecule has 2 rings (SSSR count). The van der Waals surface area contributed by atoms with Gasteiger partial charge in [0.1, 0.15) is 12.2 Å². The third-order valence-electron chi connectivity index (χ3n) is 3.29. The van der Waals surface area contributed by atoms with Crippen LogP contribution in [0.5, 0.6) is 0 Å². The van der Waals surface area contributed by atoms with Crippen LogP contribution in [0.15, 0.2) is 30.5 Å². The molecule has 1 aromatic carbocycles. The Hall–Kier alpha value is -3.34. The van der Waals surface area contributed by atoms with Crippen LogP contribution in [0.25, 0.3) is 0 Å². The third kappa shape index (κ3) is 7.20. The summed E-state index contributed by atoms with van der Waals surface area (Å²) in [5, 5.41) is 30.7. The van der Waals surface area contributed by atoms with Gasteiger partial charge in [0.15, 0.2) is 11.4 Å². The number of carbonyl (C=O) groups excluding carboxylic acids is 3. The highest BCUT2D eigenvalue weighted by Crippen LogP contribution is 2.20. The number of carbonyl (C=O) groups is 3. The summed E-state index contributed by atoms with van der Waals surface area (Å²) in [6.07, 6.45) is -1.38. The summed E-state index contributed by atoms with van der Waals surface area (Å²) in [6.45, 7) is 1.42. The van der Waals surface area contributed by atoms with Gasteiger partial charge >= 0.3 is 0 Å². The zero-order chi connectivity index (χ0) is 19.8. The quantitative estimate of drug-likeness (QED) is 0.439. The highest BCUT2D eigenvalue weighted by Gasteiger charge is 2.08. The molecule has 0 unspecified atom stereocenters. The minimum absolute atomic E-state index is 0.168. The monoisotopic (exact) mass is 391 g/mol. The second-order valence-corrected chi connectivity index (χ2v) is 6.57. The maximum atomic E-state index is 11.0. The van der Waals surface area contributed by atoms with Crippen LogP contribution >= 0.6 is 11.3 Å². The Kier molecular flexibility index (Phi) is 6.94. The molecule has 0 aliphatic heterocycles. The van der Waals surface area contributed by atoms with Crippen molar-refractivity contribution in [2.24, 2.45) is 0 Å². The molecule has 11 heteroatoms. The van der Waals surface area contributed by atoms with E-state index in [1.54, 1.807) is 18.3 Å². The van der Waals surface area contributed by atoms with Crippen molar-refractivity contribution in [3.05, 3.63) is 40.9 Å². The number of nitrogens with zero attached hydrogens (tertiary/aromatic N) is 1. The van der Waals surface area contributed by atoms with Crippen molar-refractivity contribution in [3.63, 3.8) is 0 Å². The number of amides is 3. The second kappa shape index (κ2) is 9.38. The van der Waals surface area contributed by atoms with Gasteiger partial charge in [0.25, 0.3) is 0 Å². The van der Waals surface area contributed by atoms with Crippen LogP contribution in [0.4, 0.5) is 20.4 Å². The normalized spacial score (nSPS) is 10.3. The molecule has 1 aromatic heterocycles. The Balaban J connectivity index is 1.90. The predicted octanol–water partition coefficient (Wildman–Crippen LogP) is -0.552. The topological polar surface area (TPSA) is 158 Å². The number of hydrogen-bond acceptors (Lipinski definition) is 8. The van der Waals surface area contributed by atoms with Crippen LogP contribution < -0.4 is 31.5 Å². The van der Waals surface area contributed by atoms with E-state index < -0.39 is 18.5 Å². The molecule has 0 aliphatic carbocycles. The zero-order valence-corrected chi connectivity index (χ0v) is 15.1. The molecule has 0 bridgehead atoms. The highest BCUT2D eigenvalue weighted by molar-refractivity contribution is 7.15. The van der Waals surface area contributed by atoms with Gasteiger partial charge in [0, 0.05) is 23.7 Å². The molecular formula is C16H17N5O5S-2. The number of anilines is 2. The molecule has 10 nitrogen and oxygen atoms in total. The summed E-state index contributed by atoms with van der Waals surface area (Å²) >= 11 is 1.41. The Morgan fingerprint density at radius 1 is 1.07 bits per heavy atom. The fourth-order valence-electron chi connectivity index (χ4n) is 2.18. The lowest BCUT2D eigenvalue weighted by molar-refractivity contribution is -0.255. The van der Waals surface area contributed by atoms with Crippen molar-refractivity contribution < 1.29 is 24.6 Å². The number of rotatable bonds is 8. The maximum absolute atomic E-state index is 11.0. The van der Waals surface area contributed by atoms with Gasteiger partial charge < -0.3 is 41.1 Å². The minimum Gasteiger partial charge on any atom is -0.530 e. The summed E-state index contributed by atoms with van der Waals surface area (Å²) in [5.74, 6) is -0.168. The molecule has 3 amide bonds. The molecule has 144 valence electrons. The van der Waals surface area contributed by atoms with E-state index in [1.807, 2.05) is 22.8 Å². The smallest absolute Gasteiger partial charge is 0.223 e. The average molecular weight is 391 g/mol. The van der Waals surface area contributed by atoms with Crippen molar-refractivity contribution >= 4 is 40.2 Å². The predicted molar refractivity (Wildman–Crippen MR) is 94.7 cm³/mol. The Labute approximate surface area is 158 Å². The van der Waals surface area contributed by atoms with Crippen molar-refractivity contribution in [3.8, 4) is 0 Å². The number of thiazole rings is 1. The first-order chi connectivity index (χ1) is 12.8. The molecule has 1 heterocycles. The van der Waals surface area contributed by atoms with E-state index in [-0.39, 0.29) is 5.91 Å². The molecule has 0 atom stereocenters. The summed E-state index contributed by atoms with van der Waals surface area (Å²) in [6, 6.07) is 7.03. The molecule has 0 saturated heterocycles. The first-order valence-corrected chi connectivity index (χ1v) is 8.66. The standard InChI is InChI=1S/C16H19N5O5S/c1-9(22)18-14-17-8-12(27-14)7-4-10-2-5-11(6-3-10)19-13(20-15(23)24)21-16(25)26/h2-3,5-6,8,13,19-21H,4,7H2,1H3,(H,23,24)(H,25,26)(H,17,18,22)/p-2. The van der Waals surface area contributed by atoms with Crippen molar-refractivity contribution in [2.45, 2.75) is 26.1 Å². The van der Waals surface area contributed by atoms with Gasteiger partial charge in [0.05, 0.1) is 0 Å². The summed E-state index contributed by atoms with van der Waals surface area (Å²) in [7, 11) is 0. The Morgan fingerprint density at radius 2 is 1.70 bits per heavy atom. The van der Waals surface area contributed by atoms with Gasteiger partial charge in [-0.25, -0.2) is 4.98 Å². The van der Waals surface area contributed by atoms with Crippen molar-refractivity contribution in [1.82, 2.24) is 15.6 Å². The number of nitrogens with one attached hydrogen (secondary N) is 4. The minimum atomic E-state index is -1.64. The second-order valence-electron chi connectivity index (χ2n) is 5.45. The summed E-state index contributed by atoms with van der Waals surface area (Å²) in [4.78, 5) is 37.3. The fourth-order valence-corrected chi connectivity index (χ4v) is 3.04. The van der Waals surface area contributed by atoms with E-state index in [2.05, 4.69) is 15.6 Å². The van der Waals surface area contributed by atoms with Gasteiger partial charge in [-0.1, -0.05) is 12.1 Å². The zero-order valence-electron chi connectivity index (χ0n) is 14.3. The maximum Gasteiger partial charge on any atom is 0.223 e. The van der Waals surface area contributed by atoms with Gasteiger partial charge in [-0.3, -0.25) is 4.79 Å². The van der Waals surface area contributed by atoms with Crippen LogP contribution in [0.1, 0.15) is 17.4 Å². The fraction of sp³-hybridized carbons (Fsp3) is 0.250. The third-order valence-corrected chi connectivity index (χ3v) is 4.26. The van der Waals surface area contributed by atoms with E-state index in [0.29, 0.717) is 10.8 Å². The van der Waals surface area contributed by atoms with E-state index in [0.717, 1.165) is 23.3 Å². The molecule has 4 N–H and O–H groups in total. The van der Waals surface area contributed by atoms with Crippen LogP contribution in [-0.4, -0.2) is 29.4 Å². The molecule has 27 heavy (non-hydrogen) atoms. The number of hydrogen-bond donors (Lipinski definition) is 4. The van der Waals surface area contributed by atoms with Gasteiger partial charge in [-0.2, -0.15) is 0 Å². The molecule has 2 aromatic rings. The van der Waals surface area contributed by atoms with Crippen LogP contribution in [0.2, 0.25) is 0 Å². The van der Waals surface area contributed by atoms with Crippen molar-refractivity contribution in [2.75, 3.05) is 10.6 Å². The number of benzene rings is 1. The van der Waals surface area contributed by atoms with E-state index >= 15 is 0 Å². The first kappa shape index (κ1) is 20.0. The van der Waals surface area contributed by atoms with Gasteiger partial charge in [0.2, 0.25) is 5.91 Å². The first-order valence-electron chi connectivity index (χ1n) is 7.84. The molecule has 0 fully saturated rings. The number of aryl methyl sites for hydroxylation is 2. The average Bonchev–Trinajstić information content (AvgIpc) is 2.99. The van der Waals surface area contributed by atoms with E-state index in [4.69, 9.17) is 0 Å². The molecular weight excluding hydrogens is 374 g/mol. The molecule has 0 radical (unpaired) electrons. The lowest BCUT2D eigenvalue weighted by Gasteiger charge is -2.24. The van der Waals surface area contributed by atoms with Crippen molar-refractivity contribution in [1.29, 1.82) is 0 Å². The number of carboxylic acid groups (broad SMARTS) is 2. The van der Waals surface area contributed by atoms with Gasteiger partial charge in [-0.05, 0) is 30.5 Å². The largest absolute Gasteiger partial charge is 0.530 e. The Morgan fingerprint density at radius 3 is 2.26 bits per heavy atom. The highest BCUT2D eigenvalue weighted by atomic mass is 32.1. The van der Waals surface area contributed by atoms with Crippen LogP contribution in [0.3, 0.4) is 0 Å². The molecule has 0 spiro atoms. The summed E-state index contributed by atoms with van der Waals surface area (Å²) < 4.78 is 0. The summed E-state index contributed by atoms with van der Waals surface area (Å²) in [5.41, 5.74) is 1.52. The van der Waals surface area contributed by atoms with Crippen LogP contribution in [-0.2, 0) is 17.6 Å². The van der Waals surface area contributed by atoms with E-state index in [1.165, 1.54) is 18.3 Å². The van der Waals surface area contributed by atoms with Gasteiger partial charge in [-0.15, -0.1) is 11.3 Å². The molecule has 0 saturated carbocycles. The molecule has 0 aliphatic rings. The lowest BCUT2D eigenvalue weighted by Crippen LogP contribution is -2.58. The van der Waals surface area contributed by atoms with E-state index in [9.17, 15) is 24.6 Å². The Bertz CT molecular complexity index is 792.